The predicted molar refractivity (Wildman–Crippen MR) is 103 cm³/mol. The molecule has 2 rings (SSSR count). The Morgan fingerprint density at radius 3 is 2.48 bits per heavy atom. The maximum Gasteiger partial charge on any atom is 0.269 e. The van der Waals surface area contributed by atoms with Gasteiger partial charge in [0.2, 0.25) is 5.91 Å². The molecule has 0 aromatic heterocycles. The average Bonchev–Trinajstić information content (AvgIpc) is 2.56. The van der Waals surface area contributed by atoms with Crippen LogP contribution in [0.15, 0.2) is 46.9 Å². The first-order chi connectivity index (χ1) is 11.8. The Bertz CT molecular complexity index is 817. The van der Waals surface area contributed by atoms with Gasteiger partial charge in [-0.05, 0) is 36.0 Å². The molecule has 0 bridgehead atoms. The molecule has 0 saturated carbocycles. The number of thiocarbonyl (C=S) groups is 1. The molecule has 0 unspecified atom stereocenters. The van der Waals surface area contributed by atoms with Gasteiger partial charge in [0.25, 0.3) is 5.69 Å². The number of rotatable bonds is 4. The molecule has 0 aliphatic carbocycles. The lowest BCUT2D eigenvalue weighted by molar-refractivity contribution is -0.384. The van der Waals surface area contributed by atoms with Gasteiger partial charge in [-0.3, -0.25) is 25.8 Å². The van der Waals surface area contributed by atoms with Crippen LogP contribution in [0.25, 0.3) is 0 Å². The number of nitro groups is 1. The zero-order chi connectivity index (χ0) is 18.4. The molecule has 130 valence electrons. The van der Waals surface area contributed by atoms with E-state index in [0.717, 1.165) is 4.47 Å². The van der Waals surface area contributed by atoms with Crippen LogP contribution in [0.3, 0.4) is 0 Å². The lowest BCUT2D eigenvalue weighted by Gasteiger charge is -2.12. The summed E-state index contributed by atoms with van der Waals surface area (Å²) in [6.45, 7) is 0. The molecule has 0 aliphatic heterocycles. The average molecular weight is 444 g/mol. The topological polar surface area (TPSA) is 96.3 Å². The van der Waals surface area contributed by atoms with Gasteiger partial charge in [-0.1, -0.05) is 39.7 Å². The number of hydrogen-bond acceptors (Lipinski definition) is 4. The van der Waals surface area contributed by atoms with Crippen molar-refractivity contribution in [1.29, 1.82) is 0 Å². The number of nitro benzene ring substituents is 1. The molecule has 1 amide bonds. The van der Waals surface area contributed by atoms with Gasteiger partial charge in [0.05, 0.1) is 22.1 Å². The Kier molecular flexibility index (Phi) is 6.68. The van der Waals surface area contributed by atoms with Crippen molar-refractivity contribution in [1.82, 2.24) is 10.9 Å². The fourth-order valence-corrected chi connectivity index (χ4v) is 2.72. The summed E-state index contributed by atoms with van der Waals surface area (Å²) in [6.07, 6.45) is 0.0483. The summed E-state index contributed by atoms with van der Waals surface area (Å²) in [5.74, 6) is -0.347. The van der Waals surface area contributed by atoms with Gasteiger partial charge in [-0.2, -0.15) is 0 Å². The van der Waals surface area contributed by atoms with E-state index in [2.05, 4.69) is 32.1 Å². The highest BCUT2D eigenvalue weighted by Gasteiger charge is 2.08. The standard InChI is InChI=1S/C15H12BrClN4O3S/c16-10-3-6-13(12(17)8-10)18-15(25)20-19-14(22)7-9-1-4-11(5-2-9)21(23)24/h1-6,8H,7H2,(H,19,22)(H2,18,20,25). The highest BCUT2D eigenvalue weighted by molar-refractivity contribution is 9.10. The molecule has 0 atom stereocenters. The van der Waals surface area contributed by atoms with E-state index in [1.54, 1.807) is 18.2 Å². The molecule has 2 aromatic carbocycles. The first-order valence-corrected chi connectivity index (χ1v) is 8.47. The molecule has 0 fully saturated rings. The van der Waals surface area contributed by atoms with E-state index >= 15 is 0 Å². The number of anilines is 1. The van der Waals surface area contributed by atoms with Gasteiger partial charge in [0, 0.05) is 16.6 Å². The van der Waals surface area contributed by atoms with Gasteiger partial charge in [-0.15, -0.1) is 0 Å². The lowest BCUT2D eigenvalue weighted by Crippen LogP contribution is -2.44. The van der Waals surface area contributed by atoms with Crippen molar-refractivity contribution in [3.05, 3.63) is 67.6 Å². The maximum atomic E-state index is 11.9. The molecular weight excluding hydrogens is 432 g/mol. The van der Waals surface area contributed by atoms with Crippen LogP contribution in [0.1, 0.15) is 5.56 Å². The third kappa shape index (κ3) is 5.96. The van der Waals surface area contributed by atoms with Crippen molar-refractivity contribution in [3.63, 3.8) is 0 Å². The maximum absolute atomic E-state index is 11.9. The van der Waals surface area contributed by atoms with Crippen molar-refractivity contribution in [2.24, 2.45) is 0 Å². The Morgan fingerprint density at radius 2 is 1.88 bits per heavy atom. The molecule has 25 heavy (non-hydrogen) atoms. The van der Waals surface area contributed by atoms with Crippen LogP contribution in [0.4, 0.5) is 11.4 Å². The highest BCUT2D eigenvalue weighted by Crippen LogP contribution is 2.25. The smallest absolute Gasteiger partial charge is 0.269 e. The highest BCUT2D eigenvalue weighted by atomic mass is 79.9. The fourth-order valence-electron chi connectivity index (χ4n) is 1.84. The van der Waals surface area contributed by atoms with Gasteiger partial charge < -0.3 is 5.32 Å². The minimum absolute atomic E-state index is 0.0287. The van der Waals surface area contributed by atoms with E-state index in [0.29, 0.717) is 16.3 Å². The predicted octanol–water partition coefficient (Wildman–Crippen LogP) is 3.57. The number of carbonyl (C=O) groups is 1. The molecule has 7 nitrogen and oxygen atoms in total. The van der Waals surface area contributed by atoms with Gasteiger partial charge >= 0.3 is 0 Å². The Hall–Kier alpha value is -2.23. The van der Waals surface area contributed by atoms with E-state index in [1.165, 1.54) is 24.3 Å². The van der Waals surface area contributed by atoms with Crippen LogP contribution in [0.5, 0.6) is 0 Å². The number of carbonyl (C=O) groups excluding carboxylic acids is 1. The fraction of sp³-hybridized carbons (Fsp3) is 0.0667. The summed E-state index contributed by atoms with van der Waals surface area (Å²) in [7, 11) is 0. The number of nitrogens with zero attached hydrogens (tertiary/aromatic N) is 1. The first-order valence-electron chi connectivity index (χ1n) is 6.89. The molecule has 0 aliphatic rings. The van der Waals surface area contributed by atoms with Crippen LogP contribution >= 0.6 is 39.7 Å². The Labute approximate surface area is 162 Å². The van der Waals surface area contributed by atoms with Crippen LogP contribution in [-0.4, -0.2) is 15.9 Å². The summed E-state index contributed by atoms with van der Waals surface area (Å²) in [6, 6.07) is 11.0. The third-order valence-electron chi connectivity index (χ3n) is 3.01. The van der Waals surface area contributed by atoms with Crippen LogP contribution in [0.2, 0.25) is 5.02 Å². The van der Waals surface area contributed by atoms with E-state index in [4.69, 9.17) is 23.8 Å². The number of hydrazine groups is 1. The molecule has 3 N–H and O–H groups in total. The van der Waals surface area contributed by atoms with Gasteiger partial charge in [-0.25, -0.2) is 0 Å². The monoisotopic (exact) mass is 442 g/mol. The summed E-state index contributed by atoms with van der Waals surface area (Å²) >= 11 is 14.4. The number of amides is 1. The lowest BCUT2D eigenvalue weighted by atomic mass is 10.1. The second-order valence-corrected chi connectivity index (χ2v) is 6.58. The zero-order valence-electron chi connectivity index (χ0n) is 12.6. The second-order valence-electron chi connectivity index (χ2n) is 4.85. The summed E-state index contributed by atoms with van der Waals surface area (Å²) in [4.78, 5) is 22.0. The Morgan fingerprint density at radius 1 is 1.20 bits per heavy atom. The van der Waals surface area contributed by atoms with E-state index in [9.17, 15) is 14.9 Å². The third-order valence-corrected chi connectivity index (χ3v) is 4.02. The first kappa shape index (κ1) is 19.1. The number of halogens is 2. The number of benzene rings is 2. The summed E-state index contributed by atoms with van der Waals surface area (Å²) < 4.78 is 0.832. The van der Waals surface area contributed by atoms with Gasteiger partial charge in [0.1, 0.15) is 0 Å². The van der Waals surface area contributed by atoms with E-state index in [1.807, 2.05) is 0 Å². The summed E-state index contributed by atoms with van der Waals surface area (Å²) in [5, 5.41) is 14.1. The van der Waals surface area contributed by atoms with Crippen molar-refractivity contribution in [3.8, 4) is 0 Å². The van der Waals surface area contributed by atoms with Crippen LogP contribution in [-0.2, 0) is 11.2 Å². The van der Waals surface area contributed by atoms with Crippen LogP contribution in [0, 0.1) is 10.1 Å². The molecular formula is C15H12BrClN4O3S. The molecule has 0 radical (unpaired) electrons. The second kappa shape index (κ2) is 8.75. The van der Waals surface area contributed by atoms with E-state index < -0.39 is 4.92 Å². The minimum Gasteiger partial charge on any atom is -0.330 e. The molecule has 0 spiro atoms. The number of hydrogen-bond donors (Lipinski definition) is 3. The van der Waals surface area contributed by atoms with Crippen molar-refractivity contribution in [2.75, 3.05) is 5.32 Å². The quantitative estimate of drug-likeness (QED) is 0.380. The van der Waals surface area contributed by atoms with Gasteiger partial charge in [0.15, 0.2) is 5.11 Å². The summed E-state index contributed by atoms with van der Waals surface area (Å²) in [5.41, 5.74) is 6.21. The molecule has 10 heteroatoms. The Balaban J connectivity index is 1.82. The normalized spacial score (nSPS) is 10.0. The molecule has 0 heterocycles. The van der Waals surface area contributed by atoms with Crippen LogP contribution < -0.4 is 16.2 Å². The number of nitrogens with one attached hydrogen (secondary N) is 3. The zero-order valence-corrected chi connectivity index (χ0v) is 15.7. The molecule has 2 aromatic rings. The largest absolute Gasteiger partial charge is 0.330 e. The number of non-ortho nitro benzene ring substituents is 1. The van der Waals surface area contributed by atoms with E-state index in [-0.39, 0.29) is 23.1 Å². The minimum atomic E-state index is -0.497. The van der Waals surface area contributed by atoms with Crippen molar-refractivity contribution < 1.29 is 9.72 Å². The van der Waals surface area contributed by atoms with Crippen molar-refractivity contribution in [2.45, 2.75) is 6.42 Å². The molecule has 0 saturated heterocycles. The van der Waals surface area contributed by atoms with Crippen molar-refractivity contribution >= 4 is 62.1 Å². The SMILES string of the molecule is O=C(Cc1ccc([N+](=O)[O-])cc1)NNC(=S)Nc1ccc(Br)cc1Cl.